The van der Waals surface area contributed by atoms with Gasteiger partial charge in [-0.2, -0.15) is 0 Å². The molecule has 1 aromatic carbocycles. The number of benzene rings is 1. The van der Waals surface area contributed by atoms with Crippen LogP contribution in [0.2, 0.25) is 10.0 Å². The number of rotatable bonds is 4. The lowest BCUT2D eigenvalue weighted by Crippen LogP contribution is -2.30. The largest absolute Gasteiger partial charge is 0.336 e. The van der Waals surface area contributed by atoms with Gasteiger partial charge in [0, 0.05) is 13.1 Å². The van der Waals surface area contributed by atoms with Crippen molar-refractivity contribution < 1.29 is 4.79 Å². The summed E-state index contributed by atoms with van der Waals surface area (Å²) in [6.45, 7) is 3.83. The van der Waals surface area contributed by atoms with E-state index in [0.29, 0.717) is 47.1 Å². The van der Waals surface area contributed by atoms with Gasteiger partial charge in [-0.15, -0.1) is 5.10 Å². The first kappa shape index (κ1) is 17.2. The van der Waals surface area contributed by atoms with Gasteiger partial charge >= 0.3 is 0 Å². The third-order valence-electron chi connectivity index (χ3n) is 4.26. The Morgan fingerprint density at radius 1 is 1.38 bits per heavy atom. The maximum absolute atomic E-state index is 12.7. The van der Waals surface area contributed by atoms with Crippen LogP contribution < -0.4 is 5.73 Å². The molecular formula is C16H19Cl2N5O. The summed E-state index contributed by atoms with van der Waals surface area (Å²) in [7, 11) is 0. The monoisotopic (exact) mass is 367 g/mol. The number of hydrogen-bond acceptors (Lipinski definition) is 4. The zero-order chi connectivity index (χ0) is 17.3. The summed E-state index contributed by atoms with van der Waals surface area (Å²) >= 11 is 12.5. The molecule has 2 aromatic rings. The number of carbonyl (C=O) groups is 1. The second kappa shape index (κ2) is 7.09. The molecule has 0 saturated carbocycles. The van der Waals surface area contributed by atoms with Gasteiger partial charge in [-0.1, -0.05) is 29.3 Å². The fourth-order valence-corrected chi connectivity index (χ4v) is 3.57. The summed E-state index contributed by atoms with van der Waals surface area (Å²) in [4.78, 5) is 18.7. The quantitative estimate of drug-likeness (QED) is 0.900. The number of carbonyl (C=O) groups excluding carboxylic acids is 1. The molecule has 24 heavy (non-hydrogen) atoms. The van der Waals surface area contributed by atoms with E-state index in [1.54, 1.807) is 30.0 Å². The van der Waals surface area contributed by atoms with Crippen LogP contribution in [0.3, 0.4) is 0 Å². The number of nitrogens with two attached hydrogens (primary N) is 1. The standard InChI is InChI=1S/C16H19Cl2N5O/c1-10-20-15(16(24)22-8-6-11(9-22)5-7-19)21-23(10)14-12(17)3-2-4-13(14)18/h2-4,11H,5-9,19H2,1H3. The number of para-hydroxylation sites is 1. The van der Waals surface area contributed by atoms with Crippen molar-refractivity contribution in [2.24, 2.45) is 11.7 Å². The number of nitrogens with zero attached hydrogens (tertiary/aromatic N) is 4. The Bertz CT molecular complexity index is 741. The molecule has 1 atom stereocenters. The molecule has 3 rings (SSSR count). The van der Waals surface area contributed by atoms with Gasteiger partial charge in [-0.05, 0) is 44.4 Å². The van der Waals surface area contributed by atoms with Crippen molar-refractivity contribution in [2.75, 3.05) is 19.6 Å². The molecule has 1 fully saturated rings. The average Bonchev–Trinajstić information content (AvgIpc) is 3.15. The topological polar surface area (TPSA) is 77.0 Å². The zero-order valence-electron chi connectivity index (χ0n) is 13.4. The van der Waals surface area contributed by atoms with Crippen molar-refractivity contribution in [3.05, 3.63) is 39.9 Å². The van der Waals surface area contributed by atoms with Gasteiger partial charge in [-0.3, -0.25) is 4.79 Å². The molecule has 0 radical (unpaired) electrons. The van der Waals surface area contributed by atoms with E-state index in [2.05, 4.69) is 10.1 Å². The molecule has 1 aromatic heterocycles. The molecule has 1 aliphatic rings. The summed E-state index contributed by atoms with van der Waals surface area (Å²) in [5.74, 6) is 1.02. The molecule has 6 nitrogen and oxygen atoms in total. The fourth-order valence-electron chi connectivity index (χ4n) is 3.01. The number of likely N-dealkylation sites (tertiary alicyclic amines) is 1. The highest BCUT2D eigenvalue weighted by molar-refractivity contribution is 6.37. The van der Waals surface area contributed by atoms with Gasteiger partial charge in [0.15, 0.2) is 0 Å². The van der Waals surface area contributed by atoms with E-state index in [1.807, 2.05) is 0 Å². The van der Waals surface area contributed by atoms with Crippen LogP contribution in [0, 0.1) is 12.8 Å². The van der Waals surface area contributed by atoms with Crippen molar-refractivity contribution in [1.29, 1.82) is 0 Å². The minimum Gasteiger partial charge on any atom is -0.336 e. The first-order chi connectivity index (χ1) is 11.5. The summed E-state index contributed by atoms with van der Waals surface area (Å²) in [5.41, 5.74) is 6.13. The van der Waals surface area contributed by atoms with E-state index < -0.39 is 0 Å². The van der Waals surface area contributed by atoms with Crippen molar-refractivity contribution >= 4 is 29.1 Å². The maximum atomic E-state index is 12.7. The lowest BCUT2D eigenvalue weighted by atomic mass is 10.1. The summed E-state index contributed by atoms with van der Waals surface area (Å²) in [6, 6.07) is 5.21. The molecule has 1 unspecified atom stereocenters. The highest BCUT2D eigenvalue weighted by Gasteiger charge is 2.29. The Morgan fingerprint density at radius 2 is 2.08 bits per heavy atom. The van der Waals surface area contributed by atoms with Crippen LogP contribution in [0.4, 0.5) is 0 Å². The summed E-state index contributed by atoms with van der Waals surface area (Å²) < 4.78 is 1.52. The Morgan fingerprint density at radius 3 is 2.75 bits per heavy atom. The molecule has 2 N–H and O–H groups in total. The molecule has 0 spiro atoms. The third kappa shape index (κ3) is 3.27. The number of aryl methyl sites for hydroxylation is 1. The van der Waals surface area contributed by atoms with Gasteiger partial charge in [0.2, 0.25) is 5.82 Å². The van der Waals surface area contributed by atoms with Crippen molar-refractivity contribution in [3.63, 3.8) is 0 Å². The average molecular weight is 368 g/mol. The summed E-state index contributed by atoms with van der Waals surface area (Å²) in [6.07, 6.45) is 1.90. The molecule has 1 saturated heterocycles. The van der Waals surface area contributed by atoms with Crippen LogP contribution in [0.15, 0.2) is 18.2 Å². The Hall–Kier alpha value is -1.63. The van der Waals surface area contributed by atoms with Crippen LogP contribution in [-0.4, -0.2) is 45.2 Å². The van der Waals surface area contributed by atoms with E-state index in [1.165, 1.54) is 4.68 Å². The maximum Gasteiger partial charge on any atom is 0.293 e. The molecule has 8 heteroatoms. The van der Waals surface area contributed by atoms with Crippen LogP contribution in [0.5, 0.6) is 0 Å². The molecule has 128 valence electrons. The minimum atomic E-state index is -0.167. The molecular weight excluding hydrogens is 349 g/mol. The lowest BCUT2D eigenvalue weighted by Gasteiger charge is -2.14. The zero-order valence-corrected chi connectivity index (χ0v) is 14.9. The van der Waals surface area contributed by atoms with Crippen molar-refractivity contribution in [1.82, 2.24) is 19.7 Å². The SMILES string of the molecule is Cc1nc(C(=O)N2CCC(CCN)C2)nn1-c1c(Cl)cccc1Cl. The van der Waals surface area contributed by atoms with Crippen LogP contribution in [-0.2, 0) is 0 Å². The van der Waals surface area contributed by atoms with E-state index in [9.17, 15) is 4.79 Å². The van der Waals surface area contributed by atoms with Crippen LogP contribution >= 0.6 is 23.2 Å². The van der Waals surface area contributed by atoms with E-state index in [0.717, 1.165) is 12.8 Å². The third-order valence-corrected chi connectivity index (χ3v) is 4.87. The molecule has 0 bridgehead atoms. The number of halogens is 2. The molecule has 1 amide bonds. The number of amides is 1. The highest BCUT2D eigenvalue weighted by atomic mass is 35.5. The Balaban J connectivity index is 1.86. The van der Waals surface area contributed by atoms with Gasteiger partial charge in [-0.25, -0.2) is 9.67 Å². The second-order valence-electron chi connectivity index (χ2n) is 5.95. The van der Waals surface area contributed by atoms with Gasteiger partial charge in [0.25, 0.3) is 5.91 Å². The van der Waals surface area contributed by atoms with Crippen molar-refractivity contribution in [2.45, 2.75) is 19.8 Å². The van der Waals surface area contributed by atoms with E-state index in [-0.39, 0.29) is 11.7 Å². The smallest absolute Gasteiger partial charge is 0.293 e. The molecule has 1 aliphatic heterocycles. The van der Waals surface area contributed by atoms with Gasteiger partial charge in [0.1, 0.15) is 11.5 Å². The Kier molecular flexibility index (Phi) is 5.08. The lowest BCUT2D eigenvalue weighted by molar-refractivity contribution is 0.0774. The fraction of sp³-hybridized carbons (Fsp3) is 0.438. The highest BCUT2D eigenvalue weighted by Crippen LogP contribution is 2.29. The molecule has 0 aliphatic carbocycles. The second-order valence-corrected chi connectivity index (χ2v) is 6.76. The van der Waals surface area contributed by atoms with E-state index >= 15 is 0 Å². The predicted octanol–water partition coefficient (Wildman–Crippen LogP) is 2.69. The first-order valence-corrected chi connectivity index (χ1v) is 8.64. The normalized spacial score (nSPS) is 17.5. The van der Waals surface area contributed by atoms with Gasteiger partial charge < -0.3 is 10.6 Å². The summed E-state index contributed by atoms with van der Waals surface area (Å²) in [5, 5.41) is 5.25. The number of aromatic nitrogens is 3. The van der Waals surface area contributed by atoms with Crippen molar-refractivity contribution in [3.8, 4) is 5.69 Å². The Labute approximate surface area is 150 Å². The minimum absolute atomic E-state index is 0.164. The molecule has 2 heterocycles. The van der Waals surface area contributed by atoms with E-state index in [4.69, 9.17) is 28.9 Å². The van der Waals surface area contributed by atoms with Crippen LogP contribution in [0.25, 0.3) is 5.69 Å². The first-order valence-electron chi connectivity index (χ1n) is 7.88. The number of hydrogen-bond donors (Lipinski definition) is 1. The van der Waals surface area contributed by atoms with Gasteiger partial charge in [0.05, 0.1) is 10.0 Å². The predicted molar refractivity (Wildman–Crippen MR) is 93.8 cm³/mol. The van der Waals surface area contributed by atoms with Crippen LogP contribution in [0.1, 0.15) is 29.3 Å².